The molecule has 1 saturated carbocycles. The SMILES string of the molecule is O=C(CC1CCC(CCN2CCC(c3cccc4c3CCO4)CC2)CC1)c1ccc2c(c1)OCO2. The number of nitrogens with zero attached hydrogens (tertiary/aromatic N) is 1. The highest BCUT2D eigenvalue weighted by Crippen LogP contribution is 2.38. The molecule has 0 radical (unpaired) electrons. The van der Waals surface area contributed by atoms with E-state index in [2.05, 4.69) is 23.1 Å². The number of fused-ring (bicyclic) bond motifs is 2. The number of hydrogen-bond donors (Lipinski definition) is 0. The van der Waals surface area contributed by atoms with E-state index in [1.54, 1.807) is 5.56 Å². The van der Waals surface area contributed by atoms with Crippen molar-refractivity contribution in [2.24, 2.45) is 11.8 Å². The van der Waals surface area contributed by atoms with Crippen LogP contribution in [0.4, 0.5) is 0 Å². The third-order valence-corrected chi connectivity index (χ3v) is 8.79. The second-order valence-corrected chi connectivity index (χ2v) is 10.9. The van der Waals surface area contributed by atoms with Crippen molar-refractivity contribution >= 4 is 5.78 Å². The Bertz CT molecular complexity index is 1050. The van der Waals surface area contributed by atoms with Crippen LogP contribution in [0.5, 0.6) is 17.2 Å². The van der Waals surface area contributed by atoms with Crippen molar-refractivity contribution in [1.82, 2.24) is 4.90 Å². The molecule has 0 atom stereocenters. The van der Waals surface area contributed by atoms with E-state index in [0.717, 1.165) is 36.0 Å². The minimum absolute atomic E-state index is 0.241. The Labute approximate surface area is 208 Å². The minimum Gasteiger partial charge on any atom is -0.493 e. The predicted molar refractivity (Wildman–Crippen MR) is 136 cm³/mol. The molecule has 2 fully saturated rings. The molecule has 35 heavy (non-hydrogen) atoms. The number of carbonyl (C=O) groups excluding carboxylic acids is 1. The Morgan fingerprint density at radius 1 is 0.857 bits per heavy atom. The standard InChI is InChI=1S/C30H37NO4/c32-27(24-8-9-29-30(19-24)35-20-34-29)18-22-6-4-21(5-7-22)10-14-31-15-11-23(12-16-31)25-2-1-3-28-26(25)13-17-33-28/h1-3,8-9,19,21-23H,4-7,10-18,20H2. The Balaban J connectivity index is 0.918. The summed E-state index contributed by atoms with van der Waals surface area (Å²) in [5, 5.41) is 0. The monoisotopic (exact) mass is 475 g/mol. The van der Waals surface area contributed by atoms with Crippen molar-refractivity contribution in [2.45, 2.75) is 63.7 Å². The number of carbonyl (C=O) groups is 1. The Kier molecular flexibility index (Phi) is 6.69. The number of rotatable bonds is 7. The number of benzene rings is 2. The molecule has 1 saturated heterocycles. The lowest BCUT2D eigenvalue weighted by molar-refractivity contribution is 0.0939. The first kappa shape index (κ1) is 22.9. The van der Waals surface area contributed by atoms with Gasteiger partial charge in [0, 0.05) is 24.0 Å². The van der Waals surface area contributed by atoms with Gasteiger partial charge in [0.15, 0.2) is 17.3 Å². The maximum absolute atomic E-state index is 12.8. The van der Waals surface area contributed by atoms with Gasteiger partial charge in [-0.15, -0.1) is 0 Å². The van der Waals surface area contributed by atoms with Gasteiger partial charge in [-0.05, 0) is 99.3 Å². The topological polar surface area (TPSA) is 48.0 Å². The summed E-state index contributed by atoms with van der Waals surface area (Å²) < 4.78 is 16.6. The molecular weight excluding hydrogens is 438 g/mol. The molecule has 2 aromatic carbocycles. The van der Waals surface area contributed by atoms with Gasteiger partial charge in [0.25, 0.3) is 0 Å². The number of ether oxygens (including phenoxy) is 3. The maximum atomic E-state index is 12.8. The zero-order valence-corrected chi connectivity index (χ0v) is 20.7. The average molecular weight is 476 g/mol. The molecule has 186 valence electrons. The maximum Gasteiger partial charge on any atom is 0.231 e. The molecule has 5 heteroatoms. The summed E-state index contributed by atoms with van der Waals surface area (Å²) in [6.45, 7) is 4.76. The summed E-state index contributed by atoms with van der Waals surface area (Å²) in [4.78, 5) is 15.5. The lowest BCUT2D eigenvalue weighted by Crippen LogP contribution is -2.35. The van der Waals surface area contributed by atoms with Gasteiger partial charge in [0.1, 0.15) is 5.75 Å². The lowest BCUT2D eigenvalue weighted by atomic mass is 9.78. The van der Waals surface area contributed by atoms with Crippen molar-refractivity contribution in [3.05, 3.63) is 53.1 Å². The first-order valence-electron chi connectivity index (χ1n) is 13.6. The van der Waals surface area contributed by atoms with Crippen molar-refractivity contribution in [1.29, 1.82) is 0 Å². The van der Waals surface area contributed by atoms with E-state index < -0.39 is 0 Å². The summed E-state index contributed by atoms with van der Waals surface area (Å²) in [6.07, 6.45) is 10.5. The van der Waals surface area contributed by atoms with E-state index in [4.69, 9.17) is 14.2 Å². The van der Waals surface area contributed by atoms with Crippen molar-refractivity contribution < 1.29 is 19.0 Å². The normalized spacial score (nSPS) is 24.2. The molecule has 3 aliphatic heterocycles. The number of piperidine rings is 1. The first-order chi connectivity index (χ1) is 17.2. The van der Waals surface area contributed by atoms with Crippen LogP contribution in [0, 0.1) is 11.8 Å². The fourth-order valence-corrected chi connectivity index (χ4v) is 6.64. The van der Waals surface area contributed by atoms with Crippen LogP contribution in [0.1, 0.15) is 78.8 Å². The molecule has 0 unspecified atom stereocenters. The Morgan fingerprint density at radius 3 is 2.51 bits per heavy atom. The summed E-state index contributed by atoms with van der Waals surface area (Å²) in [6, 6.07) is 12.2. The van der Waals surface area contributed by atoms with Crippen LogP contribution < -0.4 is 14.2 Å². The predicted octanol–water partition coefficient (Wildman–Crippen LogP) is 6.00. The number of hydrogen-bond acceptors (Lipinski definition) is 5. The van der Waals surface area contributed by atoms with Gasteiger partial charge in [0.2, 0.25) is 6.79 Å². The van der Waals surface area contributed by atoms with Crippen molar-refractivity contribution in [2.75, 3.05) is 33.0 Å². The van der Waals surface area contributed by atoms with Gasteiger partial charge in [-0.25, -0.2) is 0 Å². The van der Waals surface area contributed by atoms with Gasteiger partial charge in [-0.2, -0.15) is 0 Å². The molecule has 0 bridgehead atoms. The summed E-state index contributed by atoms with van der Waals surface area (Å²) in [5.41, 5.74) is 3.78. The average Bonchev–Trinajstić information content (AvgIpc) is 3.57. The quantitative estimate of drug-likeness (QED) is 0.460. The Hall–Kier alpha value is -2.53. The van der Waals surface area contributed by atoms with E-state index >= 15 is 0 Å². The fourth-order valence-electron chi connectivity index (χ4n) is 6.64. The Morgan fingerprint density at radius 2 is 1.66 bits per heavy atom. The molecule has 1 aliphatic carbocycles. The van der Waals surface area contributed by atoms with Crippen LogP contribution in [-0.2, 0) is 6.42 Å². The highest BCUT2D eigenvalue weighted by Gasteiger charge is 2.28. The molecule has 0 spiro atoms. The minimum atomic E-state index is 0.241. The third-order valence-electron chi connectivity index (χ3n) is 8.79. The van der Waals surface area contributed by atoms with Crippen LogP contribution in [0.2, 0.25) is 0 Å². The zero-order chi connectivity index (χ0) is 23.6. The molecule has 0 aromatic heterocycles. The summed E-state index contributed by atoms with van der Waals surface area (Å²) >= 11 is 0. The van der Waals surface area contributed by atoms with Gasteiger partial charge < -0.3 is 19.1 Å². The number of Topliss-reactive ketones (excluding diaryl/α,β-unsaturated/α-hetero) is 1. The van der Waals surface area contributed by atoms with E-state index in [-0.39, 0.29) is 12.6 Å². The zero-order valence-electron chi connectivity index (χ0n) is 20.7. The second kappa shape index (κ2) is 10.2. The van der Waals surface area contributed by atoms with E-state index in [1.165, 1.54) is 70.1 Å². The summed E-state index contributed by atoms with van der Waals surface area (Å²) in [7, 11) is 0. The van der Waals surface area contributed by atoms with Gasteiger partial charge in [0.05, 0.1) is 6.61 Å². The number of ketones is 1. The van der Waals surface area contributed by atoms with Crippen molar-refractivity contribution in [3.8, 4) is 17.2 Å². The molecule has 0 N–H and O–H groups in total. The molecule has 5 nitrogen and oxygen atoms in total. The molecule has 6 rings (SSSR count). The van der Waals surface area contributed by atoms with Crippen molar-refractivity contribution in [3.63, 3.8) is 0 Å². The highest BCUT2D eigenvalue weighted by atomic mass is 16.7. The van der Waals surface area contributed by atoms with Crippen LogP contribution in [0.15, 0.2) is 36.4 Å². The number of likely N-dealkylation sites (tertiary alicyclic amines) is 1. The van der Waals surface area contributed by atoms with Crippen LogP contribution in [-0.4, -0.2) is 43.7 Å². The van der Waals surface area contributed by atoms with Gasteiger partial charge in [-0.1, -0.05) is 25.0 Å². The van der Waals surface area contributed by atoms with E-state index in [9.17, 15) is 4.79 Å². The van der Waals surface area contributed by atoms with Crippen LogP contribution >= 0.6 is 0 Å². The fraction of sp³-hybridized carbons (Fsp3) is 0.567. The van der Waals surface area contributed by atoms with Crippen LogP contribution in [0.3, 0.4) is 0 Å². The largest absolute Gasteiger partial charge is 0.493 e. The highest BCUT2D eigenvalue weighted by molar-refractivity contribution is 5.96. The molecule has 0 amide bonds. The van der Waals surface area contributed by atoms with E-state index in [0.29, 0.717) is 24.0 Å². The molecule has 3 heterocycles. The van der Waals surface area contributed by atoms with E-state index in [1.807, 2.05) is 18.2 Å². The molecule has 2 aromatic rings. The van der Waals surface area contributed by atoms with Crippen LogP contribution in [0.25, 0.3) is 0 Å². The van der Waals surface area contributed by atoms with Gasteiger partial charge >= 0.3 is 0 Å². The van der Waals surface area contributed by atoms with Gasteiger partial charge in [-0.3, -0.25) is 4.79 Å². The summed E-state index contributed by atoms with van der Waals surface area (Å²) in [5.74, 6) is 4.84. The lowest BCUT2D eigenvalue weighted by Gasteiger charge is -2.35. The first-order valence-corrected chi connectivity index (χ1v) is 13.6. The molecule has 4 aliphatic rings. The second-order valence-electron chi connectivity index (χ2n) is 10.9. The smallest absolute Gasteiger partial charge is 0.231 e. The third kappa shape index (κ3) is 5.06. The molecular formula is C30H37NO4.